The zero-order valence-corrected chi connectivity index (χ0v) is 62.3. The molecule has 552 valence electrons. The Morgan fingerprint density at radius 1 is 0.290 bits per heavy atom. The second kappa shape index (κ2) is 66.0. The average molecular weight is 1370 g/mol. The van der Waals surface area contributed by atoms with Gasteiger partial charge in [0.2, 0.25) is 0 Å². The Hall–Kier alpha value is -1.94. The number of hydrogen-bond acceptors (Lipinski definition) is 15. The third-order valence-corrected chi connectivity index (χ3v) is 19.1. The van der Waals surface area contributed by atoms with Crippen LogP contribution in [0.2, 0.25) is 0 Å². The smallest absolute Gasteiger partial charge is 0.462 e. The van der Waals surface area contributed by atoms with Crippen LogP contribution < -0.4 is 0 Å². The zero-order chi connectivity index (χ0) is 68.6. The number of phosphoric ester groups is 2. The minimum absolute atomic E-state index is 0.107. The van der Waals surface area contributed by atoms with Crippen molar-refractivity contribution in [1.29, 1.82) is 0 Å². The van der Waals surface area contributed by atoms with Crippen molar-refractivity contribution in [3.63, 3.8) is 0 Å². The maximum absolute atomic E-state index is 13.1. The summed E-state index contributed by atoms with van der Waals surface area (Å²) in [7, 11) is -9.90. The molecule has 0 aromatic carbocycles. The second-order valence-electron chi connectivity index (χ2n) is 27.6. The van der Waals surface area contributed by atoms with Gasteiger partial charge < -0.3 is 33.8 Å². The summed E-state index contributed by atoms with van der Waals surface area (Å²) in [6.07, 6.45) is 52.7. The van der Waals surface area contributed by atoms with Crippen molar-refractivity contribution in [2.24, 2.45) is 11.8 Å². The Morgan fingerprint density at radius 2 is 0.495 bits per heavy atom. The molecule has 0 aliphatic heterocycles. The lowest BCUT2D eigenvalue weighted by Crippen LogP contribution is -2.30. The van der Waals surface area contributed by atoms with Gasteiger partial charge in [-0.05, 0) is 37.5 Å². The minimum Gasteiger partial charge on any atom is -0.462 e. The first-order valence-corrected chi connectivity index (χ1v) is 41.5. The van der Waals surface area contributed by atoms with E-state index in [-0.39, 0.29) is 25.7 Å². The van der Waals surface area contributed by atoms with Gasteiger partial charge in [0, 0.05) is 25.7 Å². The molecule has 2 unspecified atom stereocenters. The molecule has 0 aliphatic carbocycles. The van der Waals surface area contributed by atoms with Gasteiger partial charge in [-0.3, -0.25) is 37.3 Å². The van der Waals surface area contributed by atoms with E-state index in [9.17, 15) is 43.2 Å². The predicted molar refractivity (Wildman–Crippen MR) is 377 cm³/mol. The SMILES string of the molecule is CCCCCCCCCCCCCCCCC(=O)O[C@H](COC(=O)CCCCCCCCCC)COP(=O)(O)OC[C@H](O)COP(=O)(O)OC[C@@H](COC(=O)CCCCCCCCCCCCCC(C)C)OC(=O)CCCCCCCCCCCCCCCCC(C)C. The van der Waals surface area contributed by atoms with Crippen LogP contribution >= 0.6 is 15.6 Å². The largest absolute Gasteiger partial charge is 0.472 e. The molecule has 0 saturated heterocycles. The van der Waals surface area contributed by atoms with Gasteiger partial charge in [-0.25, -0.2) is 9.13 Å². The number of esters is 4. The first-order valence-electron chi connectivity index (χ1n) is 38.5. The number of phosphoric acid groups is 2. The van der Waals surface area contributed by atoms with E-state index >= 15 is 0 Å². The molecule has 0 saturated carbocycles. The van der Waals surface area contributed by atoms with E-state index in [1.807, 2.05) is 0 Å². The van der Waals surface area contributed by atoms with Crippen LogP contribution in [0.4, 0.5) is 0 Å². The van der Waals surface area contributed by atoms with Crippen LogP contribution in [-0.4, -0.2) is 96.7 Å². The van der Waals surface area contributed by atoms with Crippen LogP contribution in [0.25, 0.3) is 0 Å². The molecule has 0 rings (SSSR count). The van der Waals surface area contributed by atoms with Gasteiger partial charge in [0.15, 0.2) is 12.2 Å². The highest BCUT2D eigenvalue weighted by Gasteiger charge is 2.30. The molecular formula is C74H144O17P2. The minimum atomic E-state index is -4.95. The van der Waals surface area contributed by atoms with Gasteiger partial charge in [-0.1, -0.05) is 330 Å². The Morgan fingerprint density at radius 3 is 0.731 bits per heavy atom. The molecule has 93 heavy (non-hydrogen) atoms. The standard InChI is InChI=1S/C74H144O17P2/c1-7-9-11-13-15-17-18-19-23-28-34-40-46-52-58-73(78)90-69(62-84-71(76)56-50-44-38-16-14-12-10-8-2)64-88-92(80,81)86-60-68(75)61-87-93(82,83)89-65-70(63-85-72(77)57-51-45-39-33-30-25-27-32-37-43-49-55-67(5)6)91-74(79)59-53-47-41-35-29-24-21-20-22-26-31-36-42-48-54-66(3)4/h66-70,75H,7-65H2,1-6H3,(H,80,81)(H,82,83)/t68-,69+,70+/m0/s1. The van der Waals surface area contributed by atoms with Gasteiger partial charge in [0.1, 0.15) is 19.3 Å². The van der Waals surface area contributed by atoms with E-state index in [2.05, 4.69) is 41.5 Å². The Bertz CT molecular complexity index is 1800. The van der Waals surface area contributed by atoms with E-state index in [1.165, 1.54) is 193 Å². The van der Waals surface area contributed by atoms with Gasteiger partial charge in [0.25, 0.3) is 0 Å². The third kappa shape index (κ3) is 68.4. The number of unbranched alkanes of at least 4 members (excludes halogenated alkanes) is 43. The number of aliphatic hydroxyl groups is 1. The molecule has 3 N–H and O–H groups in total. The van der Waals surface area contributed by atoms with Crippen LogP contribution in [0.3, 0.4) is 0 Å². The molecule has 0 fully saturated rings. The van der Waals surface area contributed by atoms with E-state index < -0.39 is 97.5 Å². The van der Waals surface area contributed by atoms with Gasteiger partial charge >= 0.3 is 39.5 Å². The van der Waals surface area contributed by atoms with Crippen LogP contribution in [0.5, 0.6) is 0 Å². The predicted octanol–water partition coefficient (Wildman–Crippen LogP) is 21.6. The number of rotatable bonds is 73. The monoisotopic (exact) mass is 1370 g/mol. The molecule has 0 aromatic heterocycles. The molecule has 0 aliphatic rings. The fourth-order valence-corrected chi connectivity index (χ4v) is 12.9. The zero-order valence-electron chi connectivity index (χ0n) is 60.6. The van der Waals surface area contributed by atoms with Gasteiger partial charge in [-0.2, -0.15) is 0 Å². The van der Waals surface area contributed by atoms with Crippen molar-refractivity contribution in [3.8, 4) is 0 Å². The maximum atomic E-state index is 13.1. The summed E-state index contributed by atoms with van der Waals surface area (Å²) in [5, 5.41) is 10.6. The van der Waals surface area contributed by atoms with Crippen LogP contribution in [-0.2, 0) is 65.4 Å². The number of ether oxygens (including phenoxy) is 4. The fraction of sp³-hybridized carbons (Fsp3) is 0.946. The summed E-state index contributed by atoms with van der Waals surface area (Å²) in [6, 6.07) is 0. The molecule has 19 heteroatoms. The molecular weight excluding hydrogens is 1220 g/mol. The van der Waals surface area contributed by atoms with E-state index in [0.29, 0.717) is 25.7 Å². The molecule has 0 aromatic rings. The lowest BCUT2D eigenvalue weighted by Gasteiger charge is -2.21. The lowest BCUT2D eigenvalue weighted by molar-refractivity contribution is -0.161. The normalized spacial score (nSPS) is 14.1. The molecule has 5 atom stereocenters. The van der Waals surface area contributed by atoms with E-state index in [4.69, 9.17) is 37.0 Å². The fourth-order valence-electron chi connectivity index (χ4n) is 11.3. The summed E-state index contributed by atoms with van der Waals surface area (Å²) in [5.41, 5.74) is 0. The van der Waals surface area contributed by atoms with Crippen molar-refractivity contribution in [2.45, 2.75) is 400 Å². The highest BCUT2D eigenvalue weighted by atomic mass is 31.2. The van der Waals surface area contributed by atoms with Crippen LogP contribution in [0.15, 0.2) is 0 Å². The van der Waals surface area contributed by atoms with Crippen LogP contribution in [0, 0.1) is 11.8 Å². The topological polar surface area (TPSA) is 237 Å². The number of aliphatic hydroxyl groups excluding tert-OH is 1. The number of hydrogen-bond donors (Lipinski definition) is 3. The Kier molecular flexibility index (Phi) is 64.6. The van der Waals surface area contributed by atoms with Crippen molar-refractivity contribution >= 4 is 39.5 Å². The summed E-state index contributed by atoms with van der Waals surface area (Å²) in [4.78, 5) is 72.7. The summed E-state index contributed by atoms with van der Waals surface area (Å²) < 4.78 is 68.4. The number of carbonyl (C=O) groups excluding carboxylic acids is 4. The highest BCUT2D eigenvalue weighted by molar-refractivity contribution is 7.47. The second-order valence-corrected chi connectivity index (χ2v) is 30.5. The highest BCUT2D eigenvalue weighted by Crippen LogP contribution is 2.45. The van der Waals surface area contributed by atoms with Crippen molar-refractivity contribution in [1.82, 2.24) is 0 Å². The van der Waals surface area contributed by atoms with E-state index in [0.717, 1.165) is 108 Å². The summed E-state index contributed by atoms with van der Waals surface area (Å²) >= 11 is 0. The lowest BCUT2D eigenvalue weighted by atomic mass is 10.0. The van der Waals surface area contributed by atoms with Gasteiger partial charge in [-0.15, -0.1) is 0 Å². The molecule has 0 heterocycles. The Labute approximate surface area is 568 Å². The quantitative estimate of drug-likeness (QED) is 0.0222. The summed E-state index contributed by atoms with van der Waals surface area (Å²) in [6.45, 7) is 9.59. The third-order valence-electron chi connectivity index (χ3n) is 17.2. The number of carbonyl (C=O) groups is 4. The molecule has 0 spiro atoms. The van der Waals surface area contributed by atoms with Gasteiger partial charge in [0.05, 0.1) is 26.4 Å². The first kappa shape index (κ1) is 91.1. The maximum Gasteiger partial charge on any atom is 0.472 e. The molecule has 0 radical (unpaired) electrons. The molecule has 0 amide bonds. The van der Waals surface area contributed by atoms with Crippen molar-refractivity contribution in [3.05, 3.63) is 0 Å². The molecule has 0 bridgehead atoms. The molecule has 17 nitrogen and oxygen atoms in total. The summed E-state index contributed by atoms with van der Waals surface area (Å²) in [5.74, 6) is -0.553. The first-order chi connectivity index (χ1) is 44.9. The average Bonchev–Trinajstić information content (AvgIpc) is 2.73. The van der Waals surface area contributed by atoms with Crippen molar-refractivity contribution < 1.29 is 80.2 Å². The van der Waals surface area contributed by atoms with E-state index in [1.54, 1.807) is 0 Å². The van der Waals surface area contributed by atoms with Crippen LogP contribution in [0.1, 0.15) is 382 Å². The Balaban J connectivity index is 5.22. The van der Waals surface area contributed by atoms with Crippen molar-refractivity contribution in [2.75, 3.05) is 39.6 Å².